The number of hydrogen-bond donors (Lipinski definition) is 1. The molecule has 0 saturated heterocycles. The third-order valence-corrected chi connectivity index (χ3v) is 1.63. The first-order chi connectivity index (χ1) is 7.61. The first-order valence-corrected chi connectivity index (χ1v) is 4.49. The summed E-state index contributed by atoms with van der Waals surface area (Å²) < 4.78 is 0. The summed E-state index contributed by atoms with van der Waals surface area (Å²) in [6.07, 6.45) is 0. The van der Waals surface area contributed by atoms with Crippen molar-refractivity contribution in [3.8, 4) is 0 Å². The van der Waals surface area contributed by atoms with Gasteiger partial charge in [-0.1, -0.05) is 24.8 Å². The minimum Gasteiger partial charge on any atom is -0.331 e. The smallest absolute Gasteiger partial charge is 0.331 e. The first kappa shape index (κ1) is 11.9. The van der Waals surface area contributed by atoms with Gasteiger partial charge in [0.15, 0.2) is 0 Å². The highest BCUT2D eigenvalue weighted by Gasteiger charge is 2.08. The van der Waals surface area contributed by atoms with Crippen LogP contribution in [0.2, 0.25) is 0 Å². The fraction of sp³-hybridized carbons (Fsp3) is 0.0909. The minimum atomic E-state index is -0.694. The Labute approximate surface area is 92.6 Å². The molecule has 0 heterocycles. The zero-order valence-corrected chi connectivity index (χ0v) is 8.73. The second-order valence-corrected chi connectivity index (χ2v) is 3.01. The van der Waals surface area contributed by atoms with E-state index in [4.69, 9.17) is 0 Å². The van der Waals surface area contributed by atoms with Gasteiger partial charge < -0.3 is 9.68 Å². The lowest BCUT2D eigenvalue weighted by Gasteiger charge is -2.05. The van der Waals surface area contributed by atoms with Crippen LogP contribution >= 0.6 is 0 Å². The monoisotopic (exact) mass is 221 g/mol. The molecule has 0 bridgehead atoms. The van der Waals surface area contributed by atoms with Crippen molar-refractivity contribution in [2.75, 3.05) is 0 Å². The Hall–Kier alpha value is -2.14. The van der Waals surface area contributed by atoms with E-state index in [2.05, 4.69) is 16.3 Å². The molecule has 1 aromatic carbocycles. The molecule has 16 heavy (non-hydrogen) atoms. The van der Waals surface area contributed by atoms with E-state index in [0.29, 0.717) is 5.56 Å². The van der Waals surface area contributed by atoms with E-state index < -0.39 is 11.9 Å². The van der Waals surface area contributed by atoms with Crippen LogP contribution in [0.15, 0.2) is 42.5 Å². The molecule has 0 aliphatic rings. The Morgan fingerprint density at radius 2 is 1.81 bits per heavy atom. The fourth-order valence-electron chi connectivity index (χ4n) is 0.817. The summed E-state index contributed by atoms with van der Waals surface area (Å²) in [7, 11) is 0. The molecular formula is C11H11NO4. The molecule has 0 amide bonds. The van der Waals surface area contributed by atoms with Crippen LogP contribution in [0.3, 0.4) is 0 Å². The summed E-state index contributed by atoms with van der Waals surface area (Å²) in [6, 6.07) is 8.30. The molecule has 0 aromatic heterocycles. The van der Waals surface area contributed by atoms with Crippen LogP contribution in [0, 0.1) is 0 Å². The molecule has 0 fully saturated rings. The van der Waals surface area contributed by atoms with Crippen molar-refractivity contribution >= 4 is 11.9 Å². The van der Waals surface area contributed by atoms with Crippen LogP contribution in [-0.4, -0.2) is 11.9 Å². The van der Waals surface area contributed by atoms with Crippen LogP contribution in [0.1, 0.15) is 17.3 Å². The quantitative estimate of drug-likeness (QED) is 0.614. The van der Waals surface area contributed by atoms with E-state index >= 15 is 0 Å². The summed E-state index contributed by atoms with van der Waals surface area (Å²) in [6.45, 7) is 4.83. The number of carbonyl (C=O) groups is 2. The average molecular weight is 221 g/mol. The van der Waals surface area contributed by atoms with E-state index in [-0.39, 0.29) is 5.57 Å². The minimum absolute atomic E-state index is 0.197. The number of hydrogen-bond acceptors (Lipinski definition) is 5. The summed E-state index contributed by atoms with van der Waals surface area (Å²) in [5, 5.41) is 0. The Kier molecular flexibility index (Phi) is 4.23. The maximum atomic E-state index is 11.3. The van der Waals surface area contributed by atoms with Crippen LogP contribution in [0.5, 0.6) is 0 Å². The van der Waals surface area contributed by atoms with Gasteiger partial charge in [0.1, 0.15) is 0 Å². The zero-order chi connectivity index (χ0) is 12.0. The third kappa shape index (κ3) is 3.55. The van der Waals surface area contributed by atoms with Crippen molar-refractivity contribution in [3.05, 3.63) is 48.0 Å². The largest absolute Gasteiger partial charge is 0.360 e. The first-order valence-electron chi connectivity index (χ1n) is 4.49. The van der Waals surface area contributed by atoms with Crippen molar-refractivity contribution in [1.29, 1.82) is 0 Å². The molecule has 0 aliphatic carbocycles. The van der Waals surface area contributed by atoms with Crippen molar-refractivity contribution < 1.29 is 19.3 Å². The lowest BCUT2D eigenvalue weighted by Crippen LogP contribution is -2.24. The molecule has 5 heteroatoms. The summed E-state index contributed by atoms with van der Waals surface area (Å²) in [5.41, 5.74) is 2.35. The van der Waals surface area contributed by atoms with Crippen LogP contribution in [0.4, 0.5) is 0 Å². The lowest BCUT2D eigenvalue weighted by atomic mass is 10.2. The highest BCUT2D eigenvalue weighted by molar-refractivity contribution is 5.89. The molecule has 0 atom stereocenters. The second kappa shape index (κ2) is 5.67. The van der Waals surface area contributed by atoms with Gasteiger partial charge in [-0.15, -0.1) is 0 Å². The fourth-order valence-corrected chi connectivity index (χ4v) is 0.817. The molecule has 0 unspecified atom stereocenters. The van der Waals surface area contributed by atoms with E-state index in [9.17, 15) is 9.59 Å². The van der Waals surface area contributed by atoms with Gasteiger partial charge in [-0.2, -0.15) is 0 Å². The van der Waals surface area contributed by atoms with Gasteiger partial charge in [0.2, 0.25) is 0 Å². The molecular weight excluding hydrogens is 210 g/mol. The molecule has 1 aromatic rings. The van der Waals surface area contributed by atoms with Gasteiger partial charge in [0, 0.05) is 11.2 Å². The van der Waals surface area contributed by atoms with E-state index in [1.165, 1.54) is 6.92 Å². The number of carbonyl (C=O) groups excluding carboxylic acids is 2. The number of nitrogens with one attached hydrogen (secondary N) is 1. The standard InChI is InChI=1S/C11H11NO4/c1-8(2)10(13)15-12-16-11(14)9-6-4-3-5-7-9/h3-7,12H,1H2,2H3. The van der Waals surface area contributed by atoms with Crippen molar-refractivity contribution in [2.45, 2.75) is 6.92 Å². The Morgan fingerprint density at radius 1 is 1.19 bits per heavy atom. The van der Waals surface area contributed by atoms with Crippen molar-refractivity contribution in [1.82, 2.24) is 5.64 Å². The molecule has 0 saturated carbocycles. The molecule has 1 N–H and O–H groups in total. The van der Waals surface area contributed by atoms with Crippen LogP contribution < -0.4 is 5.64 Å². The van der Waals surface area contributed by atoms with Crippen LogP contribution in [-0.2, 0) is 14.5 Å². The molecule has 0 radical (unpaired) electrons. The lowest BCUT2D eigenvalue weighted by molar-refractivity contribution is -0.172. The van der Waals surface area contributed by atoms with E-state index in [1.54, 1.807) is 36.0 Å². The molecule has 0 spiro atoms. The maximum absolute atomic E-state index is 11.3. The predicted octanol–water partition coefficient (Wildman–Crippen LogP) is 1.38. The average Bonchev–Trinajstić information content (AvgIpc) is 2.29. The van der Waals surface area contributed by atoms with Gasteiger partial charge >= 0.3 is 11.9 Å². The highest BCUT2D eigenvalue weighted by Crippen LogP contribution is 1.99. The van der Waals surface area contributed by atoms with Gasteiger partial charge in [-0.05, 0) is 19.1 Å². The number of benzene rings is 1. The third-order valence-electron chi connectivity index (χ3n) is 1.63. The summed E-state index contributed by atoms with van der Waals surface area (Å²) in [4.78, 5) is 31.0. The van der Waals surface area contributed by atoms with E-state index in [0.717, 1.165) is 0 Å². The SMILES string of the molecule is C=C(C)C(=O)ONOC(=O)c1ccccc1. The summed E-state index contributed by atoms with van der Waals surface area (Å²) in [5.74, 6) is -1.34. The molecule has 5 nitrogen and oxygen atoms in total. The number of rotatable bonds is 4. The second-order valence-electron chi connectivity index (χ2n) is 3.01. The zero-order valence-electron chi connectivity index (χ0n) is 8.73. The van der Waals surface area contributed by atoms with Gasteiger partial charge in [0.25, 0.3) is 0 Å². The Morgan fingerprint density at radius 3 is 2.38 bits per heavy atom. The van der Waals surface area contributed by atoms with E-state index in [1.807, 2.05) is 0 Å². The normalized spacial score (nSPS) is 9.31. The van der Waals surface area contributed by atoms with Gasteiger partial charge in [0.05, 0.1) is 5.56 Å². The molecule has 84 valence electrons. The summed E-state index contributed by atoms with van der Waals surface area (Å²) >= 11 is 0. The van der Waals surface area contributed by atoms with Crippen LogP contribution in [0.25, 0.3) is 0 Å². The maximum Gasteiger partial charge on any atom is 0.360 e. The molecule has 0 aliphatic heterocycles. The Balaban J connectivity index is 2.37. The molecule has 1 rings (SSSR count). The predicted molar refractivity (Wildman–Crippen MR) is 55.9 cm³/mol. The Bertz CT molecular complexity index is 400. The van der Waals surface area contributed by atoms with Crippen molar-refractivity contribution in [3.63, 3.8) is 0 Å². The highest BCUT2D eigenvalue weighted by atomic mass is 16.9. The van der Waals surface area contributed by atoms with Gasteiger partial charge in [-0.25, -0.2) is 9.59 Å². The topological polar surface area (TPSA) is 64.6 Å². The van der Waals surface area contributed by atoms with Gasteiger partial charge in [-0.3, -0.25) is 0 Å². The van der Waals surface area contributed by atoms with Crippen molar-refractivity contribution in [2.24, 2.45) is 0 Å².